The number of hydrogen-bond acceptors (Lipinski definition) is 3. The first-order chi connectivity index (χ1) is 14.2. The van der Waals surface area contributed by atoms with Crippen molar-refractivity contribution in [3.8, 4) is 22.3 Å². The van der Waals surface area contributed by atoms with Gasteiger partial charge in [-0.1, -0.05) is 97.1 Å². The van der Waals surface area contributed by atoms with Gasteiger partial charge in [0.25, 0.3) is 0 Å². The van der Waals surface area contributed by atoms with Crippen LogP contribution in [0.15, 0.2) is 97.1 Å². The molecule has 6 rings (SSSR count). The molecule has 4 heteroatoms. The number of hydrogen-bond donors (Lipinski definition) is 3. The Morgan fingerprint density at radius 1 is 0.414 bits per heavy atom. The molecule has 3 nitrogen and oxygen atoms in total. The molecule has 4 aromatic rings. The highest BCUT2D eigenvalue weighted by atomic mass is 16.5. The average Bonchev–Trinajstić information content (AvgIpc) is 3.21. The molecule has 0 aliphatic heterocycles. The van der Waals surface area contributed by atoms with Gasteiger partial charge in [-0.2, -0.15) is 0 Å². The van der Waals surface area contributed by atoms with Gasteiger partial charge in [0.15, 0.2) is 0 Å². The highest BCUT2D eigenvalue weighted by molar-refractivity contribution is 6.30. The number of benzene rings is 4. The summed E-state index contributed by atoms with van der Waals surface area (Å²) in [4.78, 5) is 0. The normalized spacial score (nSPS) is 13.6. The Kier molecular flexibility index (Phi) is 4.14. The summed E-state index contributed by atoms with van der Waals surface area (Å²) >= 11 is 0. The van der Waals surface area contributed by atoms with Crippen LogP contribution < -0.4 is 0 Å². The van der Waals surface area contributed by atoms with E-state index in [9.17, 15) is 0 Å². The minimum absolute atomic E-state index is 0.180. The summed E-state index contributed by atoms with van der Waals surface area (Å²) in [5, 5.41) is 21.5. The Balaban J connectivity index is 0.000000419. The van der Waals surface area contributed by atoms with Gasteiger partial charge >= 0.3 is 7.32 Å². The molecule has 0 amide bonds. The number of fused-ring (bicyclic) bond motifs is 10. The lowest BCUT2D eigenvalue weighted by Gasteiger charge is -2.30. The standard InChI is InChI=1S/C25H16.BH3O3/c1-5-13-21-17(9-1)18-10-2-6-14-22(18)25(21)23-15-7-3-11-19(23)20-12-4-8-16-24(20)25;2-1(3)4/h1-16H;2-4H. The van der Waals surface area contributed by atoms with E-state index >= 15 is 0 Å². The minimum Gasteiger partial charge on any atom is -0.402 e. The maximum absolute atomic E-state index is 7.17. The molecule has 2 aliphatic carbocycles. The number of rotatable bonds is 0. The molecule has 0 fully saturated rings. The summed E-state index contributed by atoms with van der Waals surface area (Å²) < 4.78 is 0. The average molecular weight is 378 g/mol. The van der Waals surface area contributed by atoms with Crippen LogP contribution in [0, 0.1) is 0 Å². The molecule has 0 bridgehead atoms. The molecule has 4 aromatic carbocycles. The highest BCUT2D eigenvalue weighted by Crippen LogP contribution is 2.62. The zero-order chi connectivity index (χ0) is 20.0. The fourth-order valence-corrected chi connectivity index (χ4v) is 5.05. The van der Waals surface area contributed by atoms with Crippen LogP contribution in [-0.4, -0.2) is 22.4 Å². The first kappa shape index (κ1) is 17.9. The van der Waals surface area contributed by atoms with Gasteiger partial charge in [0, 0.05) is 0 Å². The molecule has 3 N–H and O–H groups in total. The second-order valence-electron chi connectivity index (χ2n) is 7.28. The van der Waals surface area contributed by atoms with Crippen molar-refractivity contribution < 1.29 is 15.1 Å². The summed E-state index contributed by atoms with van der Waals surface area (Å²) in [6.07, 6.45) is 0. The summed E-state index contributed by atoms with van der Waals surface area (Å²) in [6.45, 7) is 0. The predicted octanol–water partition coefficient (Wildman–Crippen LogP) is 3.98. The Bertz CT molecular complexity index is 1030. The van der Waals surface area contributed by atoms with Crippen molar-refractivity contribution in [2.45, 2.75) is 5.41 Å². The molecular weight excluding hydrogens is 359 g/mol. The molecule has 29 heavy (non-hydrogen) atoms. The monoisotopic (exact) mass is 378 g/mol. The van der Waals surface area contributed by atoms with Crippen LogP contribution in [0.2, 0.25) is 0 Å². The molecule has 0 atom stereocenters. The SMILES string of the molecule is OB(O)O.c1ccc2c(c1)-c1ccccc1C21c2ccccc2-c2ccccc21. The largest absolute Gasteiger partial charge is 0.631 e. The van der Waals surface area contributed by atoms with Gasteiger partial charge in [0.2, 0.25) is 0 Å². The van der Waals surface area contributed by atoms with Gasteiger partial charge in [0.05, 0.1) is 5.41 Å². The van der Waals surface area contributed by atoms with Crippen molar-refractivity contribution in [1.82, 2.24) is 0 Å². The van der Waals surface area contributed by atoms with Crippen LogP contribution in [0.25, 0.3) is 22.3 Å². The van der Waals surface area contributed by atoms with E-state index in [1.54, 1.807) is 0 Å². The quantitative estimate of drug-likeness (QED) is 0.351. The first-order valence-electron chi connectivity index (χ1n) is 9.58. The molecule has 0 unspecified atom stereocenters. The Morgan fingerprint density at radius 2 is 0.621 bits per heavy atom. The summed E-state index contributed by atoms with van der Waals surface area (Å²) in [6, 6.07) is 35.7. The van der Waals surface area contributed by atoms with E-state index < -0.39 is 7.32 Å². The van der Waals surface area contributed by atoms with Crippen molar-refractivity contribution >= 4 is 7.32 Å². The van der Waals surface area contributed by atoms with E-state index in [4.69, 9.17) is 15.1 Å². The summed E-state index contributed by atoms with van der Waals surface area (Å²) in [5.74, 6) is 0. The lowest BCUT2D eigenvalue weighted by molar-refractivity contribution is 0.278. The van der Waals surface area contributed by atoms with Crippen molar-refractivity contribution in [2.75, 3.05) is 0 Å². The third-order valence-electron chi connectivity index (χ3n) is 5.90. The van der Waals surface area contributed by atoms with Crippen LogP contribution in [0.1, 0.15) is 22.3 Å². The van der Waals surface area contributed by atoms with Crippen LogP contribution in [0.4, 0.5) is 0 Å². The van der Waals surface area contributed by atoms with Crippen LogP contribution in [0.5, 0.6) is 0 Å². The van der Waals surface area contributed by atoms with Gasteiger partial charge < -0.3 is 15.1 Å². The van der Waals surface area contributed by atoms with E-state index in [0.717, 1.165) is 0 Å². The van der Waals surface area contributed by atoms with Crippen molar-refractivity contribution in [3.05, 3.63) is 119 Å². The summed E-state index contributed by atoms with van der Waals surface area (Å²) in [7, 11) is -2.17. The van der Waals surface area contributed by atoms with Crippen LogP contribution in [0.3, 0.4) is 0 Å². The van der Waals surface area contributed by atoms with Crippen molar-refractivity contribution in [2.24, 2.45) is 0 Å². The van der Waals surface area contributed by atoms with E-state index in [-0.39, 0.29) is 5.41 Å². The van der Waals surface area contributed by atoms with E-state index in [2.05, 4.69) is 97.1 Å². The molecule has 140 valence electrons. The molecular formula is C25H19BO3. The smallest absolute Gasteiger partial charge is 0.402 e. The van der Waals surface area contributed by atoms with Gasteiger partial charge in [-0.3, -0.25) is 0 Å². The van der Waals surface area contributed by atoms with E-state index in [0.29, 0.717) is 0 Å². The van der Waals surface area contributed by atoms with E-state index in [1.807, 2.05) is 0 Å². The zero-order valence-corrected chi connectivity index (χ0v) is 15.7. The molecule has 0 aromatic heterocycles. The maximum Gasteiger partial charge on any atom is 0.631 e. The topological polar surface area (TPSA) is 60.7 Å². The second kappa shape index (κ2) is 6.71. The van der Waals surface area contributed by atoms with Gasteiger partial charge in [-0.25, -0.2) is 0 Å². The zero-order valence-electron chi connectivity index (χ0n) is 15.7. The van der Waals surface area contributed by atoms with Crippen LogP contribution >= 0.6 is 0 Å². The van der Waals surface area contributed by atoms with Crippen molar-refractivity contribution in [3.63, 3.8) is 0 Å². The van der Waals surface area contributed by atoms with Gasteiger partial charge in [0.1, 0.15) is 0 Å². The molecule has 0 saturated carbocycles. The third kappa shape index (κ3) is 2.44. The lowest BCUT2D eigenvalue weighted by Crippen LogP contribution is -2.25. The second-order valence-corrected chi connectivity index (χ2v) is 7.28. The molecule has 2 aliphatic rings. The Morgan fingerprint density at radius 3 is 0.862 bits per heavy atom. The molecule has 0 saturated heterocycles. The molecule has 1 spiro atoms. The lowest BCUT2D eigenvalue weighted by atomic mass is 9.70. The third-order valence-corrected chi connectivity index (χ3v) is 5.90. The first-order valence-corrected chi connectivity index (χ1v) is 9.58. The molecule has 0 radical (unpaired) electrons. The Hall–Kier alpha value is -3.18. The van der Waals surface area contributed by atoms with E-state index in [1.165, 1.54) is 44.5 Å². The van der Waals surface area contributed by atoms with Crippen molar-refractivity contribution in [1.29, 1.82) is 0 Å². The van der Waals surface area contributed by atoms with Crippen LogP contribution in [-0.2, 0) is 5.41 Å². The summed E-state index contributed by atoms with van der Waals surface area (Å²) in [5.41, 5.74) is 10.9. The van der Waals surface area contributed by atoms with Gasteiger partial charge in [-0.05, 0) is 44.5 Å². The fourth-order valence-electron chi connectivity index (χ4n) is 5.05. The molecule has 0 heterocycles. The van der Waals surface area contributed by atoms with Gasteiger partial charge in [-0.15, -0.1) is 0 Å². The Labute approximate surface area is 169 Å². The predicted molar refractivity (Wildman–Crippen MR) is 115 cm³/mol. The fraction of sp³-hybridized carbons (Fsp3) is 0.0400. The highest BCUT2D eigenvalue weighted by Gasteiger charge is 2.51. The minimum atomic E-state index is -2.17. The maximum atomic E-state index is 7.17.